The number of hydrogen-bond acceptors (Lipinski definition) is 4. The summed E-state index contributed by atoms with van der Waals surface area (Å²) in [6.07, 6.45) is 5.18. The number of anilines is 1. The number of hydrogen-bond donors (Lipinski definition) is 1. The molecule has 0 radical (unpaired) electrons. The molecule has 2 aromatic carbocycles. The lowest BCUT2D eigenvalue weighted by atomic mass is 10.0. The Morgan fingerprint density at radius 2 is 1.94 bits per heavy atom. The summed E-state index contributed by atoms with van der Waals surface area (Å²) in [7, 11) is -2.02. The predicted octanol–water partition coefficient (Wildman–Crippen LogP) is 4.26. The molecule has 0 heterocycles. The van der Waals surface area contributed by atoms with Crippen LogP contribution in [0.5, 0.6) is 5.75 Å². The van der Waals surface area contributed by atoms with Gasteiger partial charge < -0.3 is 10.1 Å². The Hall–Kier alpha value is -2.25. The van der Waals surface area contributed by atoms with E-state index in [-0.39, 0.29) is 24.9 Å². The third kappa shape index (κ3) is 5.92. The van der Waals surface area contributed by atoms with Crippen LogP contribution >= 0.6 is 11.6 Å². The molecule has 0 fully saturated rings. The molecule has 8 heteroatoms. The first-order valence-corrected chi connectivity index (χ1v) is 12.6. The van der Waals surface area contributed by atoms with Crippen LogP contribution in [0.4, 0.5) is 5.69 Å². The summed E-state index contributed by atoms with van der Waals surface area (Å²) < 4.78 is 30.9. The second kappa shape index (κ2) is 9.92. The standard InChI is InChI=1S/C23H29ClN2O4S/c1-16(18-10-9-17-6-4-7-19(17)14-18)25-23(27)8-5-13-26(31(3,28)29)20-11-12-22(30-2)21(24)15-20/h9-12,14-16H,4-8,13H2,1-3H3,(H,25,27)/t16-/m1/s1. The van der Waals surface area contributed by atoms with Crippen molar-refractivity contribution in [3.05, 3.63) is 58.1 Å². The first-order valence-electron chi connectivity index (χ1n) is 10.4. The molecule has 0 saturated heterocycles. The highest BCUT2D eigenvalue weighted by atomic mass is 35.5. The first kappa shape index (κ1) is 23.4. The molecule has 1 aliphatic rings. The fraction of sp³-hybridized carbons (Fsp3) is 0.435. The molecule has 31 heavy (non-hydrogen) atoms. The maximum Gasteiger partial charge on any atom is 0.232 e. The Bertz CT molecular complexity index is 1060. The molecule has 1 atom stereocenters. The van der Waals surface area contributed by atoms with Crippen molar-refractivity contribution in [2.45, 2.75) is 45.1 Å². The van der Waals surface area contributed by atoms with Gasteiger partial charge in [-0.1, -0.05) is 29.8 Å². The molecule has 0 aromatic heterocycles. The normalized spacial score (nSPS) is 14.1. The second-order valence-corrected chi connectivity index (χ2v) is 10.2. The molecule has 1 N–H and O–H groups in total. The van der Waals surface area contributed by atoms with E-state index in [4.69, 9.17) is 16.3 Å². The second-order valence-electron chi connectivity index (χ2n) is 7.93. The van der Waals surface area contributed by atoms with E-state index in [0.29, 0.717) is 22.9 Å². The molecule has 0 aliphatic heterocycles. The van der Waals surface area contributed by atoms with Gasteiger partial charge in [-0.2, -0.15) is 0 Å². The number of carbonyl (C=O) groups excluding carboxylic acids is 1. The first-order chi connectivity index (χ1) is 14.7. The number of carbonyl (C=O) groups is 1. The molecule has 3 rings (SSSR count). The van der Waals surface area contributed by atoms with Crippen LogP contribution in [-0.4, -0.2) is 34.2 Å². The van der Waals surface area contributed by atoms with Gasteiger partial charge in [0, 0.05) is 13.0 Å². The number of methoxy groups -OCH3 is 1. The van der Waals surface area contributed by atoms with Gasteiger partial charge in [0.2, 0.25) is 15.9 Å². The Labute approximate surface area is 189 Å². The van der Waals surface area contributed by atoms with Crippen LogP contribution in [0.1, 0.15) is 48.9 Å². The van der Waals surface area contributed by atoms with Crippen LogP contribution in [0, 0.1) is 0 Å². The van der Waals surface area contributed by atoms with Crippen molar-refractivity contribution >= 4 is 33.2 Å². The molecule has 0 saturated carbocycles. The van der Waals surface area contributed by atoms with Crippen molar-refractivity contribution in [1.82, 2.24) is 5.32 Å². The SMILES string of the molecule is COc1ccc(N(CCCC(=O)N[C@H](C)c2ccc3c(c2)CCC3)S(C)(=O)=O)cc1Cl. The third-order valence-electron chi connectivity index (χ3n) is 5.59. The summed E-state index contributed by atoms with van der Waals surface area (Å²) in [4.78, 5) is 12.4. The summed E-state index contributed by atoms with van der Waals surface area (Å²) >= 11 is 6.15. The van der Waals surface area contributed by atoms with Crippen molar-refractivity contribution in [2.24, 2.45) is 0 Å². The van der Waals surface area contributed by atoms with E-state index >= 15 is 0 Å². The summed E-state index contributed by atoms with van der Waals surface area (Å²) in [6.45, 7) is 2.15. The minimum Gasteiger partial charge on any atom is -0.495 e. The van der Waals surface area contributed by atoms with E-state index in [1.807, 2.05) is 6.92 Å². The molecule has 0 bridgehead atoms. The smallest absolute Gasteiger partial charge is 0.232 e. The number of halogens is 1. The van der Waals surface area contributed by atoms with E-state index in [0.717, 1.165) is 24.7 Å². The van der Waals surface area contributed by atoms with Crippen molar-refractivity contribution in [3.8, 4) is 5.75 Å². The van der Waals surface area contributed by atoms with Crippen molar-refractivity contribution in [1.29, 1.82) is 0 Å². The number of sulfonamides is 1. The third-order valence-corrected chi connectivity index (χ3v) is 7.08. The summed E-state index contributed by atoms with van der Waals surface area (Å²) in [5.41, 5.74) is 4.32. The van der Waals surface area contributed by atoms with Gasteiger partial charge in [0.15, 0.2) is 0 Å². The number of aryl methyl sites for hydroxylation is 2. The Balaban J connectivity index is 1.57. The summed E-state index contributed by atoms with van der Waals surface area (Å²) in [5.74, 6) is 0.369. The fourth-order valence-electron chi connectivity index (χ4n) is 3.94. The molecule has 0 unspecified atom stereocenters. The quantitative estimate of drug-likeness (QED) is 0.601. The molecular formula is C23H29ClN2O4S. The van der Waals surface area contributed by atoms with Crippen LogP contribution in [0.25, 0.3) is 0 Å². The van der Waals surface area contributed by atoms with Gasteiger partial charge in [-0.15, -0.1) is 0 Å². The summed E-state index contributed by atoms with van der Waals surface area (Å²) in [5, 5.41) is 3.35. The molecule has 168 valence electrons. The van der Waals surface area contributed by atoms with Gasteiger partial charge in [-0.05, 0) is 67.5 Å². The largest absolute Gasteiger partial charge is 0.495 e. The molecule has 6 nitrogen and oxygen atoms in total. The van der Waals surface area contributed by atoms with Gasteiger partial charge in [0.25, 0.3) is 0 Å². The minimum absolute atomic E-state index is 0.0928. The minimum atomic E-state index is -3.52. The van der Waals surface area contributed by atoms with Crippen LogP contribution in [0.3, 0.4) is 0 Å². The van der Waals surface area contributed by atoms with Crippen molar-refractivity contribution in [3.63, 3.8) is 0 Å². The number of rotatable bonds is 9. The average molecular weight is 465 g/mol. The highest BCUT2D eigenvalue weighted by Gasteiger charge is 2.20. The van der Waals surface area contributed by atoms with E-state index < -0.39 is 10.0 Å². The van der Waals surface area contributed by atoms with Gasteiger partial charge in [-0.3, -0.25) is 9.10 Å². The maximum absolute atomic E-state index is 12.4. The highest BCUT2D eigenvalue weighted by Crippen LogP contribution is 2.30. The van der Waals surface area contributed by atoms with Crippen molar-refractivity contribution in [2.75, 3.05) is 24.2 Å². The monoisotopic (exact) mass is 464 g/mol. The van der Waals surface area contributed by atoms with Crippen LogP contribution in [0.2, 0.25) is 5.02 Å². The predicted molar refractivity (Wildman–Crippen MR) is 124 cm³/mol. The van der Waals surface area contributed by atoms with Crippen LogP contribution in [0.15, 0.2) is 36.4 Å². The Morgan fingerprint density at radius 1 is 1.19 bits per heavy atom. The number of benzene rings is 2. The van der Waals surface area contributed by atoms with E-state index in [1.165, 1.54) is 29.0 Å². The van der Waals surface area contributed by atoms with Crippen molar-refractivity contribution < 1.29 is 17.9 Å². The molecule has 1 aliphatic carbocycles. The molecule has 1 amide bonds. The topological polar surface area (TPSA) is 75.7 Å². The number of amides is 1. The highest BCUT2D eigenvalue weighted by molar-refractivity contribution is 7.92. The Kier molecular flexibility index (Phi) is 7.49. The molecule has 0 spiro atoms. The lowest BCUT2D eigenvalue weighted by Gasteiger charge is -2.23. The number of fused-ring (bicyclic) bond motifs is 1. The van der Waals surface area contributed by atoms with Gasteiger partial charge >= 0.3 is 0 Å². The van der Waals surface area contributed by atoms with Gasteiger partial charge in [-0.25, -0.2) is 8.42 Å². The average Bonchev–Trinajstić information content (AvgIpc) is 3.18. The maximum atomic E-state index is 12.4. The van der Waals surface area contributed by atoms with Crippen LogP contribution in [-0.2, 0) is 27.7 Å². The lowest BCUT2D eigenvalue weighted by Crippen LogP contribution is -2.32. The summed E-state index contributed by atoms with van der Waals surface area (Å²) in [6, 6.07) is 11.1. The number of ether oxygens (including phenoxy) is 1. The fourth-order valence-corrected chi connectivity index (χ4v) is 5.15. The zero-order valence-corrected chi connectivity index (χ0v) is 19.7. The number of nitrogens with zero attached hydrogens (tertiary/aromatic N) is 1. The molecular weight excluding hydrogens is 436 g/mol. The lowest BCUT2D eigenvalue weighted by molar-refractivity contribution is -0.121. The Morgan fingerprint density at radius 3 is 2.61 bits per heavy atom. The van der Waals surface area contributed by atoms with E-state index in [9.17, 15) is 13.2 Å². The molecule has 2 aromatic rings. The number of nitrogens with one attached hydrogen (secondary N) is 1. The zero-order valence-electron chi connectivity index (χ0n) is 18.2. The van der Waals surface area contributed by atoms with E-state index in [1.54, 1.807) is 18.2 Å². The zero-order chi connectivity index (χ0) is 22.6. The van der Waals surface area contributed by atoms with E-state index in [2.05, 4.69) is 23.5 Å². The van der Waals surface area contributed by atoms with Crippen LogP contribution < -0.4 is 14.4 Å². The van der Waals surface area contributed by atoms with Gasteiger partial charge in [0.1, 0.15) is 5.75 Å². The van der Waals surface area contributed by atoms with Gasteiger partial charge in [0.05, 0.1) is 30.1 Å².